The van der Waals surface area contributed by atoms with Crippen molar-refractivity contribution in [3.63, 3.8) is 0 Å². The summed E-state index contributed by atoms with van der Waals surface area (Å²) in [6, 6.07) is 21.9. The minimum Gasteiger partial charge on any atom is -0.489 e. The number of benzene rings is 2. The Morgan fingerprint density at radius 3 is 2.84 bits per heavy atom. The van der Waals surface area contributed by atoms with Gasteiger partial charge in [0.15, 0.2) is 11.5 Å². The van der Waals surface area contributed by atoms with Crippen LogP contribution < -0.4 is 10.1 Å². The van der Waals surface area contributed by atoms with Gasteiger partial charge in [-0.3, -0.25) is 9.20 Å². The second kappa shape index (κ2) is 9.75. The minimum absolute atomic E-state index is 0.176. The number of carbonyl (C=O) groups excluding carboxylic acids is 1. The van der Waals surface area contributed by atoms with Crippen LogP contribution in [0, 0.1) is 11.3 Å². The number of hydrogen-bond donors (Lipinski definition) is 1. The van der Waals surface area contributed by atoms with Gasteiger partial charge in [0.05, 0.1) is 17.7 Å². The maximum absolute atomic E-state index is 13.0. The molecular weight excluding hydrogens is 402 g/mol. The fourth-order valence-electron chi connectivity index (χ4n) is 3.52. The van der Waals surface area contributed by atoms with E-state index < -0.39 is 0 Å². The van der Waals surface area contributed by atoms with Crippen molar-refractivity contribution in [1.29, 1.82) is 5.26 Å². The van der Waals surface area contributed by atoms with Crippen LogP contribution in [0.2, 0.25) is 0 Å². The van der Waals surface area contributed by atoms with Gasteiger partial charge in [-0.2, -0.15) is 5.26 Å². The first-order chi connectivity index (χ1) is 15.7. The summed E-state index contributed by atoms with van der Waals surface area (Å²) < 4.78 is 7.69. The molecule has 160 valence electrons. The zero-order valence-electron chi connectivity index (χ0n) is 17.7. The molecular formula is C25H23N5O2. The third-order valence-electron chi connectivity index (χ3n) is 5.09. The summed E-state index contributed by atoms with van der Waals surface area (Å²) in [6.07, 6.45) is 3.54. The second-order valence-electron chi connectivity index (χ2n) is 7.43. The monoisotopic (exact) mass is 425 g/mol. The molecule has 0 bridgehead atoms. The van der Waals surface area contributed by atoms with Gasteiger partial charge in [0.2, 0.25) is 0 Å². The topological polar surface area (TPSA) is 92.3 Å². The molecule has 2 aromatic carbocycles. The van der Waals surface area contributed by atoms with E-state index in [2.05, 4.69) is 28.5 Å². The number of carbonyl (C=O) groups is 1. The molecule has 0 saturated heterocycles. The Morgan fingerprint density at radius 1 is 1.12 bits per heavy atom. The highest BCUT2D eigenvalue weighted by molar-refractivity contribution is 5.94. The number of hydrogen-bond acceptors (Lipinski definition) is 5. The molecule has 2 heterocycles. The first-order valence-electron chi connectivity index (χ1n) is 10.5. The van der Waals surface area contributed by atoms with Crippen LogP contribution in [0.25, 0.3) is 5.65 Å². The van der Waals surface area contributed by atoms with E-state index in [1.807, 2.05) is 47.0 Å². The van der Waals surface area contributed by atoms with E-state index in [1.54, 1.807) is 30.3 Å². The summed E-state index contributed by atoms with van der Waals surface area (Å²) in [4.78, 5) is 13.0. The average Bonchev–Trinajstić information content (AvgIpc) is 3.27. The van der Waals surface area contributed by atoms with E-state index in [1.165, 1.54) is 0 Å². The minimum atomic E-state index is -0.251. The maximum Gasteiger partial charge on any atom is 0.251 e. The van der Waals surface area contributed by atoms with Crippen LogP contribution in [0.3, 0.4) is 0 Å². The highest BCUT2D eigenvalue weighted by atomic mass is 16.5. The maximum atomic E-state index is 13.0. The highest BCUT2D eigenvalue weighted by Gasteiger charge is 2.20. The van der Waals surface area contributed by atoms with Gasteiger partial charge in [-0.05, 0) is 54.4 Å². The molecule has 0 aliphatic carbocycles. The fraction of sp³-hybridized carbons (Fsp3) is 0.200. The van der Waals surface area contributed by atoms with Crippen LogP contribution in [0.4, 0.5) is 0 Å². The van der Waals surface area contributed by atoms with Gasteiger partial charge >= 0.3 is 0 Å². The van der Waals surface area contributed by atoms with E-state index >= 15 is 0 Å². The molecule has 1 unspecified atom stereocenters. The van der Waals surface area contributed by atoms with E-state index in [0.717, 1.165) is 24.1 Å². The number of nitrogens with one attached hydrogen (secondary N) is 1. The quantitative estimate of drug-likeness (QED) is 0.450. The lowest BCUT2D eigenvalue weighted by Crippen LogP contribution is -2.30. The number of fused-ring (bicyclic) bond motifs is 1. The molecule has 1 amide bonds. The molecule has 4 rings (SSSR count). The molecule has 1 atom stereocenters. The number of aromatic nitrogens is 3. The van der Waals surface area contributed by atoms with Gasteiger partial charge in [-0.15, -0.1) is 10.2 Å². The summed E-state index contributed by atoms with van der Waals surface area (Å²) in [5.41, 5.74) is 2.70. The molecule has 7 nitrogen and oxygen atoms in total. The molecule has 0 aliphatic heterocycles. The molecule has 0 fully saturated rings. The largest absolute Gasteiger partial charge is 0.489 e. The predicted molar refractivity (Wildman–Crippen MR) is 120 cm³/mol. The molecule has 7 heteroatoms. The van der Waals surface area contributed by atoms with Crippen LogP contribution in [0.5, 0.6) is 5.75 Å². The summed E-state index contributed by atoms with van der Waals surface area (Å²) in [6.45, 7) is 2.37. The number of ether oxygens (including phenoxy) is 1. The van der Waals surface area contributed by atoms with Crippen LogP contribution in [-0.2, 0) is 6.61 Å². The molecule has 0 radical (unpaired) electrons. The Bertz CT molecular complexity index is 1270. The van der Waals surface area contributed by atoms with Crippen molar-refractivity contribution in [2.24, 2.45) is 0 Å². The average molecular weight is 425 g/mol. The zero-order valence-corrected chi connectivity index (χ0v) is 17.7. The van der Waals surface area contributed by atoms with Gasteiger partial charge in [-0.25, -0.2) is 0 Å². The molecule has 0 aliphatic rings. The number of nitriles is 1. The summed E-state index contributed by atoms with van der Waals surface area (Å²) in [5.74, 6) is 1.15. The van der Waals surface area contributed by atoms with Crippen LogP contribution >= 0.6 is 0 Å². The first-order valence-corrected chi connectivity index (χ1v) is 10.5. The van der Waals surface area contributed by atoms with E-state index in [4.69, 9.17) is 10.00 Å². The molecule has 4 aromatic rings. The fourth-order valence-corrected chi connectivity index (χ4v) is 3.52. The standard InChI is InChI=1S/C25H23N5O2/c1-2-7-22(24-29-28-23-12-3-4-13-30(23)24)27-25(31)20-10-5-9-19(14-20)17-32-21-11-6-8-18(15-21)16-26/h3-6,8-15,22H,2,7,17H2,1H3,(H,27,31). The Labute approximate surface area is 186 Å². The molecule has 0 spiro atoms. The van der Waals surface area contributed by atoms with Crippen molar-refractivity contribution in [1.82, 2.24) is 19.9 Å². The lowest BCUT2D eigenvalue weighted by Gasteiger charge is -2.17. The molecule has 2 aromatic heterocycles. The summed E-state index contributed by atoms with van der Waals surface area (Å²) >= 11 is 0. The smallest absolute Gasteiger partial charge is 0.251 e. The third kappa shape index (κ3) is 4.76. The first kappa shape index (κ1) is 21.1. The molecule has 1 N–H and O–H groups in total. The Kier molecular flexibility index (Phi) is 6.42. The summed E-state index contributed by atoms with van der Waals surface area (Å²) in [5, 5.41) is 20.6. The van der Waals surface area contributed by atoms with E-state index in [9.17, 15) is 4.79 Å². The van der Waals surface area contributed by atoms with Gasteiger partial charge in [0.1, 0.15) is 12.4 Å². The van der Waals surface area contributed by atoms with Crippen LogP contribution in [0.15, 0.2) is 72.9 Å². The van der Waals surface area contributed by atoms with Crippen LogP contribution in [-0.4, -0.2) is 20.5 Å². The molecule has 32 heavy (non-hydrogen) atoms. The predicted octanol–water partition coefficient (Wildman–Crippen LogP) is 4.45. The van der Waals surface area contributed by atoms with Crippen molar-refractivity contribution in [2.75, 3.05) is 0 Å². The third-order valence-corrected chi connectivity index (χ3v) is 5.09. The van der Waals surface area contributed by atoms with E-state index in [-0.39, 0.29) is 11.9 Å². The van der Waals surface area contributed by atoms with Crippen molar-refractivity contribution in [2.45, 2.75) is 32.4 Å². The Morgan fingerprint density at radius 2 is 2.00 bits per heavy atom. The number of pyridine rings is 1. The highest BCUT2D eigenvalue weighted by Crippen LogP contribution is 2.19. The van der Waals surface area contributed by atoms with E-state index in [0.29, 0.717) is 29.3 Å². The number of nitrogens with zero attached hydrogens (tertiary/aromatic N) is 4. The number of rotatable bonds is 8. The van der Waals surface area contributed by atoms with Crippen molar-refractivity contribution in [3.05, 3.63) is 95.4 Å². The van der Waals surface area contributed by atoms with Gasteiger partial charge < -0.3 is 10.1 Å². The van der Waals surface area contributed by atoms with Crippen molar-refractivity contribution < 1.29 is 9.53 Å². The summed E-state index contributed by atoms with van der Waals surface area (Å²) in [7, 11) is 0. The lowest BCUT2D eigenvalue weighted by atomic mass is 10.1. The zero-order chi connectivity index (χ0) is 22.3. The lowest BCUT2D eigenvalue weighted by molar-refractivity contribution is 0.0932. The van der Waals surface area contributed by atoms with Crippen molar-refractivity contribution >= 4 is 11.6 Å². The van der Waals surface area contributed by atoms with Gasteiger partial charge in [-0.1, -0.05) is 37.6 Å². The normalized spacial score (nSPS) is 11.6. The number of amides is 1. The SMILES string of the molecule is CCCC(NC(=O)c1cccc(COc2cccc(C#N)c2)c1)c1nnc2ccccn12. The van der Waals surface area contributed by atoms with Gasteiger partial charge in [0.25, 0.3) is 5.91 Å². The Hall–Kier alpha value is -4.18. The molecule has 0 saturated carbocycles. The van der Waals surface area contributed by atoms with Crippen LogP contribution in [0.1, 0.15) is 53.1 Å². The second-order valence-corrected chi connectivity index (χ2v) is 7.43. The van der Waals surface area contributed by atoms with Crippen molar-refractivity contribution in [3.8, 4) is 11.8 Å². The van der Waals surface area contributed by atoms with Gasteiger partial charge in [0, 0.05) is 11.8 Å². The Balaban J connectivity index is 1.48.